The topological polar surface area (TPSA) is 21.3 Å². The van der Waals surface area contributed by atoms with Crippen LogP contribution < -0.4 is 5.32 Å². The van der Waals surface area contributed by atoms with Crippen LogP contribution in [0, 0.1) is 5.41 Å². The van der Waals surface area contributed by atoms with Crippen molar-refractivity contribution >= 4 is 11.3 Å². The molecule has 2 nitrogen and oxygen atoms in total. The Bertz CT molecular complexity index is 560. The summed E-state index contributed by atoms with van der Waals surface area (Å²) in [4.78, 5) is 1.41. The lowest BCUT2D eigenvalue weighted by Gasteiger charge is -2.14. The van der Waals surface area contributed by atoms with Crippen LogP contribution in [0.15, 0.2) is 41.8 Å². The highest BCUT2D eigenvalue weighted by atomic mass is 32.1. The summed E-state index contributed by atoms with van der Waals surface area (Å²) in [5, 5.41) is 5.89. The fourth-order valence-electron chi connectivity index (χ4n) is 2.72. The van der Waals surface area contributed by atoms with E-state index in [9.17, 15) is 0 Å². The van der Waals surface area contributed by atoms with Crippen molar-refractivity contribution in [3.63, 3.8) is 0 Å². The summed E-state index contributed by atoms with van der Waals surface area (Å²) in [7, 11) is 1.79. The van der Waals surface area contributed by atoms with Gasteiger partial charge in [0.2, 0.25) is 0 Å². The van der Waals surface area contributed by atoms with E-state index in [1.807, 2.05) is 11.3 Å². The number of benzene rings is 1. The highest BCUT2D eigenvalue weighted by Crippen LogP contribution is 2.48. The fourth-order valence-corrected chi connectivity index (χ4v) is 3.58. The molecule has 2 aromatic rings. The predicted molar refractivity (Wildman–Crippen MR) is 89.6 cm³/mol. The van der Waals surface area contributed by atoms with E-state index in [0.29, 0.717) is 5.41 Å². The lowest BCUT2D eigenvalue weighted by atomic mass is 10.0. The Hall–Kier alpha value is -1.16. The lowest BCUT2D eigenvalue weighted by Crippen LogP contribution is -2.24. The van der Waals surface area contributed by atoms with Gasteiger partial charge in [0.05, 0.1) is 0 Å². The van der Waals surface area contributed by atoms with E-state index in [1.54, 1.807) is 7.11 Å². The van der Waals surface area contributed by atoms with Gasteiger partial charge in [-0.1, -0.05) is 30.3 Å². The van der Waals surface area contributed by atoms with Crippen LogP contribution in [0.4, 0.5) is 0 Å². The third kappa shape index (κ3) is 3.94. The number of nitrogens with one attached hydrogen (secondary N) is 1. The molecule has 21 heavy (non-hydrogen) atoms. The second-order valence-electron chi connectivity index (χ2n) is 6.01. The molecule has 0 unspecified atom stereocenters. The maximum absolute atomic E-state index is 5.21. The van der Waals surface area contributed by atoms with E-state index < -0.39 is 0 Å². The quantitative estimate of drug-likeness (QED) is 0.784. The Morgan fingerprint density at radius 2 is 2.00 bits per heavy atom. The van der Waals surface area contributed by atoms with E-state index in [-0.39, 0.29) is 0 Å². The fraction of sp³-hybridized carbons (Fsp3) is 0.444. The summed E-state index contributed by atoms with van der Waals surface area (Å²) in [6.07, 6.45) is 3.89. The van der Waals surface area contributed by atoms with E-state index in [4.69, 9.17) is 4.74 Å². The van der Waals surface area contributed by atoms with Gasteiger partial charge in [0.25, 0.3) is 0 Å². The monoisotopic (exact) mass is 301 g/mol. The highest BCUT2D eigenvalue weighted by Gasteiger charge is 2.41. The number of hydrogen-bond donors (Lipinski definition) is 1. The molecule has 0 aliphatic heterocycles. The maximum atomic E-state index is 5.21. The van der Waals surface area contributed by atoms with Crippen molar-refractivity contribution in [2.24, 2.45) is 5.41 Å². The smallest absolute Gasteiger partial charge is 0.0468 e. The molecule has 1 aromatic carbocycles. The minimum atomic E-state index is 0.523. The van der Waals surface area contributed by atoms with Crippen LogP contribution in [0.2, 0.25) is 0 Å². The molecule has 1 aliphatic rings. The third-order valence-corrected chi connectivity index (χ3v) is 5.29. The highest BCUT2D eigenvalue weighted by molar-refractivity contribution is 7.10. The molecule has 1 N–H and O–H groups in total. The van der Waals surface area contributed by atoms with Crippen LogP contribution in [-0.2, 0) is 11.3 Å². The van der Waals surface area contributed by atoms with Crippen molar-refractivity contribution in [1.82, 2.24) is 5.32 Å². The second kappa shape index (κ2) is 6.73. The van der Waals surface area contributed by atoms with Crippen LogP contribution >= 0.6 is 11.3 Å². The van der Waals surface area contributed by atoms with Gasteiger partial charge in [-0.2, -0.15) is 0 Å². The predicted octanol–water partition coefficient (Wildman–Crippen LogP) is 4.32. The summed E-state index contributed by atoms with van der Waals surface area (Å²) in [5.74, 6) is 0. The van der Waals surface area contributed by atoms with Crippen LogP contribution in [0.3, 0.4) is 0 Å². The molecule has 1 aromatic heterocycles. The van der Waals surface area contributed by atoms with Gasteiger partial charge < -0.3 is 10.1 Å². The largest absolute Gasteiger partial charge is 0.385 e. The maximum Gasteiger partial charge on any atom is 0.0468 e. The number of rotatable bonds is 8. The van der Waals surface area contributed by atoms with E-state index in [0.717, 1.165) is 19.7 Å². The molecule has 0 atom stereocenters. The molecular weight excluding hydrogens is 278 g/mol. The van der Waals surface area contributed by atoms with Crippen LogP contribution in [0.1, 0.15) is 24.1 Å². The summed E-state index contributed by atoms with van der Waals surface area (Å²) >= 11 is 1.85. The summed E-state index contributed by atoms with van der Waals surface area (Å²) in [6, 6.07) is 12.9. The first-order valence-corrected chi connectivity index (χ1v) is 8.52. The van der Waals surface area contributed by atoms with Crippen LogP contribution in [0.5, 0.6) is 0 Å². The van der Waals surface area contributed by atoms with Gasteiger partial charge in [0.15, 0.2) is 0 Å². The number of thiophene rings is 1. The first kappa shape index (κ1) is 14.8. The van der Waals surface area contributed by atoms with Gasteiger partial charge >= 0.3 is 0 Å². The normalized spacial score (nSPS) is 16.0. The summed E-state index contributed by atoms with van der Waals surface area (Å²) < 4.78 is 5.21. The standard InChI is InChI=1S/C18H23NOS/c1-20-10-9-18(7-8-18)14-19-12-17-11-16(13-21-17)15-5-3-2-4-6-15/h2-6,11,13,19H,7-10,12,14H2,1H3. The van der Waals surface area contributed by atoms with Crippen LogP contribution in [-0.4, -0.2) is 20.3 Å². The van der Waals surface area contributed by atoms with Crippen molar-refractivity contribution < 1.29 is 4.74 Å². The third-order valence-electron chi connectivity index (χ3n) is 4.35. The summed E-state index contributed by atoms with van der Waals surface area (Å²) in [6.45, 7) is 2.99. The van der Waals surface area contributed by atoms with E-state index in [2.05, 4.69) is 47.1 Å². The number of hydrogen-bond acceptors (Lipinski definition) is 3. The summed E-state index contributed by atoms with van der Waals surface area (Å²) in [5.41, 5.74) is 3.16. The second-order valence-corrected chi connectivity index (χ2v) is 7.01. The minimum Gasteiger partial charge on any atom is -0.385 e. The number of methoxy groups -OCH3 is 1. The average Bonchev–Trinajstić information content (AvgIpc) is 3.13. The first-order chi connectivity index (χ1) is 10.3. The molecule has 1 saturated carbocycles. The van der Waals surface area contributed by atoms with E-state index in [1.165, 1.54) is 35.3 Å². The number of ether oxygens (including phenoxy) is 1. The van der Waals surface area contributed by atoms with E-state index >= 15 is 0 Å². The molecular formula is C18H23NOS. The van der Waals surface area contributed by atoms with Crippen LogP contribution in [0.25, 0.3) is 11.1 Å². The molecule has 3 rings (SSSR count). The zero-order valence-corrected chi connectivity index (χ0v) is 13.4. The molecule has 0 amide bonds. The Morgan fingerprint density at radius 3 is 2.71 bits per heavy atom. The molecule has 0 saturated heterocycles. The molecule has 112 valence electrons. The van der Waals surface area contributed by atoms with Gasteiger partial charge in [0.1, 0.15) is 0 Å². The van der Waals surface area contributed by atoms with Gasteiger partial charge in [-0.05, 0) is 47.3 Å². The Labute approximate surface area is 131 Å². The van der Waals surface area contributed by atoms with Gasteiger partial charge in [0, 0.05) is 31.7 Å². The van der Waals surface area contributed by atoms with Gasteiger partial charge in [-0.15, -0.1) is 11.3 Å². The molecule has 1 fully saturated rings. The minimum absolute atomic E-state index is 0.523. The Morgan fingerprint density at radius 1 is 1.19 bits per heavy atom. The molecule has 0 radical (unpaired) electrons. The Balaban J connectivity index is 1.49. The average molecular weight is 301 g/mol. The van der Waals surface area contributed by atoms with Gasteiger partial charge in [-0.25, -0.2) is 0 Å². The van der Waals surface area contributed by atoms with Gasteiger partial charge in [-0.3, -0.25) is 0 Å². The Kier molecular flexibility index (Phi) is 4.73. The van der Waals surface area contributed by atoms with Crippen molar-refractivity contribution in [2.75, 3.05) is 20.3 Å². The molecule has 1 aliphatic carbocycles. The lowest BCUT2D eigenvalue weighted by molar-refractivity contribution is 0.171. The van der Waals surface area contributed by atoms with Crippen molar-refractivity contribution in [1.29, 1.82) is 0 Å². The van der Waals surface area contributed by atoms with Crippen molar-refractivity contribution in [3.05, 3.63) is 46.7 Å². The first-order valence-electron chi connectivity index (χ1n) is 7.64. The zero-order valence-electron chi connectivity index (χ0n) is 12.6. The molecule has 3 heteroatoms. The molecule has 0 spiro atoms. The molecule has 1 heterocycles. The SMILES string of the molecule is COCCC1(CNCc2cc(-c3ccccc3)cs2)CC1. The van der Waals surface area contributed by atoms with Crippen molar-refractivity contribution in [3.8, 4) is 11.1 Å². The zero-order chi connectivity index (χ0) is 14.5. The molecule has 0 bridgehead atoms. The van der Waals surface area contributed by atoms with Crippen molar-refractivity contribution in [2.45, 2.75) is 25.8 Å².